The van der Waals surface area contributed by atoms with Crippen LogP contribution in [-0.4, -0.2) is 11.8 Å². The van der Waals surface area contributed by atoms with E-state index in [-0.39, 0.29) is 17.3 Å². The van der Waals surface area contributed by atoms with Gasteiger partial charge in [-0.25, -0.2) is 4.79 Å². The predicted octanol–water partition coefficient (Wildman–Crippen LogP) is 4.73. The van der Waals surface area contributed by atoms with Crippen LogP contribution in [0.2, 0.25) is 0 Å². The quantitative estimate of drug-likeness (QED) is 0.384. The second kappa shape index (κ2) is 6.61. The summed E-state index contributed by atoms with van der Waals surface area (Å²) in [5, 5.41) is 0. The summed E-state index contributed by atoms with van der Waals surface area (Å²) < 4.78 is 16.2. The zero-order valence-corrected chi connectivity index (χ0v) is 14.8. The molecule has 1 aromatic heterocycles. The van der Waals surface area contributed by atoms with Crippen LogP contribution in [0.4, 0.5) is 0 Å². The molecule has 0 unspecified atom stereocenters. The molecule has 5 heteroatoms. The molecule has 5 nitrogen and oxygen atoms in total. The summed E-state index contributed by atoms with van der Waals surface area (Å²) in [4.78, 5) is 24.7. The monoisotopic (exact) mass is 360 g/mol. The van der Waals surface area contributed by atoms with Crippen LogP contribution in [0.25, 0.3) is 6.08 Å². The molecule has 3 aromatic rings. The van der Waals surface area contributed by atoms with E-state index >= 15 is 0 Å². The number of Topliss-reactive ketones (excluding diaryl/α,β-unsaturated/α-hetero) is 1. The van der Waals surface area contributed by atoms with Gasteiger partial charge in [-0.15, -0.1) is 0 Å². The molecule has 2 heterocycles. The molecular formula is C22H16O5. The van der Waals surface area contributed by atoms with Gasteiger partial charge in [-0.05, 0) is 49.8 Å². The van der Waals surface area contributed by atoms with Crippen LogP contribution in [0.1, 0.15) is 37.6 Å². The molecule has 1 aliphatic rings. The standard InChI is InChI=1S/C22H16O5/c1-13-5-7-15(8-6-13)12-19-20(23)16-9-10-17(14(2)21(16)26-19)27-22(24)18-4-3-11-25-18/h3-12H,1-2H3/b19-12-. The number of carbonyl (C=O) groups is 2. The molecule has 1 aliphatic heterocycles. The van der Waals surface area contributed by atoms with Crippen LogP contribution in [0.15, 0.2) is 65.0 Å². The lowest BCUT2D eigenvalue weighted by molar-refractivity contribution is 0.0700. The van der Waals surface area contributed by atoms with E-state index in [1.807, 2.05) is 31.2 Å². The number of furan rings is 1. The largest absolute Gasteiger partial charge is 0.457 e. The summed E-state index contributed by atoms with van der Waals surface area (Å²) in [6.45, 7) is 3.74. The van der Waals surface area contributed by atoms with Gasteiger partial charge in [0.25, 0.3) is 0 Å². The second-order valence-corrected chi connectivity index (χ2v) is 6.28. The van der Waals surface area contributed by atoms with Gasteiger partial charge in [0.1, 0.15) is 11.5 Å². The van der Waals surface area contributed by atoms with Crippen molar-refractivity contribution in [3.8, 4) is 11.5 Å². The number of hydrogen-bond acceptors (Lipinski definition) is 5. The Labute approximate surface area is 155 Å². The van der Waals surface area contributed by atoms with Crippen LogP contribution in [0, 0.1) is 13.8 Å². The molecule has 0 radical (unpaired) electrons. The Morgan fingerprint density at radius 2 is 1.81 bits per heavy atom. The lowest BCUT2D eigenvalue weighted by atomic mass is 10.1. The normalized spacial score (nSPS) is 14.1. The molecule has 0 bridgehead atoms. The topological polar surface area (TPSA) is 65.7 Å². The van der Waals surface area contributed by atoms with Crippen molar-refractivity contribution in [1.29, 1.82) is 0 Å². The highest BCUT2D eigenvalue weighted by molar-refractivity contribution is 6.15. The van der Waals surface area contributed by atoms with Crippen LogP contribution < -0.4 is 9.47 Å². The van der Waals surface area contributed by atoms with E-state index in [2.05, 4.69) is 0 Å². The number of esters is 1. The summed E-state index contributed by atoms with van der Waals surface area (Å²) in [6.07, 6.45) is 3.10. The van der Waals surface area contributed by atoms with E-state index in [4.69, 9.17) is 13.9 Å². The summed E-state index contributed by atoms with van der Waals surface area (Å²) in [5.41, 5.74) is 3.04. The van der Waals surface area contributed by atoms with E-state index in [1.165, 1.54) is 12.3 Å². The molecule has 134 valence electrons. The number of aryl methyl sites for hydroxylation is 1. The Morgan fingerprint density at radius 3 is 2.52 bits per heavy atom. The van der Waals surface area contributed by atoms with E-state index in [0.717, 1.165) is 11.1 Å². The Hall–Kier alpha value is -3.60. The number of allylic oxidation sites excluding steroid dienone is 1. The highest BCUT2D eigenvalue weighted by Gasteiger charge is 2.30. The fraction of sp³-hybridized carbons (Fsp3) is 0.0909. The number of benzene rings is 2. The number of ketones is 1. The minimum Gasteiger partial charge on any atom is -0.457 e. The first-order valence-electron chi connectivity index (χ1n) is 8.43. The molecular weight excluding hydrogens is 344 g/mol. The maximum Gasteiger partial charge on any atom is 0.379 e. The smallest absolute Gasteiger partial charge is 0.379 e. The van der Waals surface area contributed by atoms with Gasteiger partial charge in [-0.3, -0.25) is 4.79 Å². The molecule has 0 N–H and O–H groups in total. The van der Waals surface area contributed by atoms with Gasteiger partial charge >= 0.3 is 5.97 Å². The molecule has 0 spiro atoms. The third-order valence-electron chi connectivity index (χ3n) is 4.34. The SMILES string of the molecule is Cc1ccc(/C=C2\Oc3c(ccc(OC(=O)c4ccco4)c3C)C2=O)cc1. The maximum absolute atomic E-state index is 12.6. The Kier molecular flexibility index (Phi) is 4.12. The highest BCUT2D eigenvalue weighted by Crippen LogP contribution is 2.39. The summed E-state index contributed by atoms with van der Waals surface area (Å²) >= 11 is 0. The number of rotatable bonds is 3. The number of hydrogen-bond donors (Lipinski definition) is 0. The molecule has 0 fully saturated rings. The summed E-state index contributed by atoms with van der Waals surface area (Å²) in [7, 11) is 0. The van der Waals surface area contributed by atoms with Crippen molar-refractivity contribution in [3.63, 3.8) is 0 Å². The minimum atomic E-state index is -0.609. The summed E-state index contributed by atoms with van der Waals surface area (Å²) in [5.74, 6) is 0.265. The van der Waals surface area contributed by atoms with Crippen LogP contribution in [0.3, 0.4) is 0 Å². The zero-order chi connectivity index (χ0) is 19.0. The first kappa shape index (κ1) is 16.8. The Bertz CT molecular complexity index is 1060. The van der Waals surface area contributed by atoms with Crippen LogP contribution in [-0.2, 0) is 0 Å². The number of carbonyl (C=O) groups excluding carboxylic acids is 2. The summed E-state index contributed by atoms with van der Waals surface area (Å²) in [6, 6.07) is 14.1. The van der Waals surface area contributed by atoms with E-state index in [9.17, 15) is 9.59 Å². The average Bonchev–Trinajstić information content (AvgIpc) is 3.29. The lowest BCUT2D eigenvalue weighted by Gasteiger charge is -2.09. The lowest BCUT2D eigenvalue weighted by Crippen LogP contribution is -2.08. The molecule has 0 saturated heterocycles. The number of ether oxygens (including phenoxy) is 2. The molecule has 0 amide bonds. The first-order valence-corrected chi connectivity index (χ1v) is 8.43. The highest BCUT2D eigenvalue weighted by atomic mass is 16.5. The van der Waals surface area contributed by atoms with E-state index in [0.29, 0.717) is 22.6 Å². The molecule has 0 atom stereocenters. The third-order valence-corrected chi connectivity index (χ3v) is 4.34. The van der Waals surface area contributed by atoms with E-state index < -0.39 is 5.97 Å². The third kappa shape index (κ3) is 3.15. The Morgan fingerprint density at radius 1 is 1.04 bits per heavy atom. The molecule has 4 rings (SSSR count). The van der Waals surface area contributed by atoms with Crippen molar-refractivity contribution in [2.24, 2.45) is 0 Å². The first-order chi connectivity index (χ1) is 13.0. The molecule has 0 saturated carbocycles. The molecule has 27 heavy (non-hydrogen) atoms. The predicted molar refractivity (Wildman–Crippen MR) is 99.0 cm³/mol. The van der Waals surface area contributed by atoms with Crippen molar-refractivity contribution in [1.82, 2.24) is 0 Å². The van der Waals surface area contributed by atoms with Crippen LogP contribution in [0.5, 0.6) is 11.5 Å². The van der Waals surface area contributed by atoms with Crippen molar-refractivity contribution in [2.45, 2.75) is 13.8 Å². The van der Waals surface area contributed by atoms with Crippen molar-refractivity contribution >= 4 is 17.8 Å². The maximum atomic E-state index is 12.6. The van der Waals surface area contributed by atoms with Crippen molar-refractivity contribution in [3.05, 3.63) is 88.6 Å². The van der Waals surface area contributed by atoms with Crippen molar-refractivity contribution < 1.29 is 23.5 Å². The molecule has 2 aromatic carbocycles. The van der Waals surface area contributed by atoms with Gasteiger partial charge in [-0.2, -0.15) is 0 Å². The van der Waals surface area contributed by atoms with Gasteiger partial charge in [0, 0.05) is 5.56 Å². The fourth-order valence-corrected chi connectivity index (χ4v) is 2.84. The van der Waals surface area contributed by atoms with Gasteiger partial charge < -0.3 is 13.9 Å². The fourth-order valence-electron chi connectivity index (χ4n) is 2.84. The van der Waals surface area contributed by atoms with Gasteiger partial charge in [0.2, 0.25) is 11.5 Å². The van der Waals surface area contributed by atoms with Crippen LogP contribution >= 0.6 is 0 Å². The van der Waals surface area contributed by atoms with Gasteiger partial charge in [-0.1, -0.05) is 29.8 Å². The van der Waals surface area contributed by atoms with Gasteiger partial charge in [0.15, 0.2) is 5.76 Å². The average molecular weight is 360 g/mol. The van der Waals surface area contributed by atoms with Crippen molar-refractivity contribution in [2.75, 3.05) is 0 Å². The van der Waals surface area contributed by atoms with E-state index in [1.54, 1.807) is 31.2 Å². The second-order valence-electron chi connectivity index (χ2n) is 6.28. The zero-order valence-electron chi connectivity index (χ0n) is 14.8. The Balaban J connectivity index is 1.62. The number of fused-ring (bicyclic) bond motifs is 1. The molecule has 0 aliphatic carbocycles. The minimum absolute atomic E-state index is 0.104. The van der Waals surface area contributed by atoms with Gasteiger partial charge in [0.05, 0.1) is 11.8 Å².